The van der Waals surface area contributed by atoms with Crippen molar-refractivity contribution in [2.75, 3.05) is 19.0 Å². The van der Waals surface area contributed by atoms with E-state index in [-0.39, 0.29) is 27.3 Å². The Morgan fingerprint density at radius 1 is 1.41 bits per heavy atom. The van der Waals surface area contributed by atoms with Crippen molar-refractivity contribution in [3.8, 4) is 5.88 Å². The van der Waals surface area contributed by atoms with Gasteiger partial charge in [-0.05, 0) is 38.1 Å². The average molecular weight is 549 g/mol. The highest BCUT2D eigenvalue weighted by molar-refractivity contribution is 6.35. The summed E-state index contributed by atoms with van der Waals surface area (Å²) in [5, 5.41) is 2.55. The van der Waals surface area contributed by atoms with Crippen molar-refractivity contribution in [3.05, 3.63) is 52.4 Å². The summed E-state index contributed by atoms with van der Waals surface area (Å²) in [7, 11) is -3.19. The minimum Gasteiger partial charge on any atom is -0.391 e. The first-order valence-electron chi connectivity index (χ1n) is 12.9. The number of aromatic nitrogens is 2. The van der Waals surface area contributed by atoms with Crippen LogP contribution in [0.4, 0.5) is 28.0 Å². The zero-order chi connectivity index (χ0) is 31.5. The zero-order valence-corrected chi connectivity index (χ0v) is 19.8. The number of fused-ring (bicyclic) bond motifs is 1. The second kappa shape index (κ2) is 9.47. The van der Waals surface area contributed by atoms with E-state index in [0.29, 0.717) is 6.92 Å². The van der Waals surface area contributed by atoms with Gasteiger partial charge in [-0.25, -0.2) is 9.18 Å². The number of carbonyl (C=O) groups excluding carboxylic acids is 1. The number of carbonyl (C=O) groups is 1. The molecule has 0 saturated heterocycles. The van der Waals surface area contributed by atoms with Gasteiger partial charge < -0.3 is 24.9 Å². The molecule has 0 bridgehead atoms. The van der Waals surface area contributed by atoms with E-state index in [2.05, 4.69) is 25.0 Å². The second-order valence-electron chi connectivity index (χ2n) is 8.38. The van der Waals surface area contributed by atoms with Crippen molar-refractivity contribution in [1.29, 1.82) is 0 Å². The minimum atomic E-state index is -4.89. The lowest BCUT2D eigenvalue weighted by Gasteiger charge is -2.41. The standard InChI is InChI=1S/C23H22ClF4N5O4/c1-21(10-36-22(2,19(29)33-21)23(26,27)28)14-7-12(4-5-16(14)25)31-20(34)37-18-11(9-35-3)6-13-15(24)8-30-17(13)32-18/h4-8H,9-10H2,1-3H3,(H2,29,33)(H,30,32)(H,31,34)/t21-,22+/m0/s1/i3D3,9D2. The van der Waals surface area contributed by atoms with Crippen LogP contribution in [0.25, 0.3) is 11.0 Å². The summed E-state index contributed by atoms with van der Waals surface area (Å²) in [4.78, 5) is 23.4. The third-order valence-electron chi connectivity index (χ3n) is 5.76. The van der Waals surface area contributed by atoms with Gasteiger partial charge in [-0.1, -0.05) is 11.6 Å². The van der Waals surface area contributed by atoms with Crippen LogP contribution in [0.2, 0.25) is 5.02 Å². The number of hydrogen-bond donors (Lipinski definition) is 3. The molecule has 1 aliphatic heterocycles. The molecule has 0 aliphatic carbocycles. The van der Waals surface area contributed by atoms with Gasteiger partial charge in [0.25, 0.3) is 0 Å². The van der Waals surface area contributed by atoms with E-state index in [9.17, 15) is 22.4 Å². The number of nitrogens with zero attached hydrogens (tertiary/aromatic N) is 2. The predicted octanol–water partition coefficient (Wildman–Crippen LogP) is 5.04. The molecule has 37 heavy (non-hydrogen) atoms. The first-order valence-corrected chi connectivity index (χ1v) is 10.8. The molecule has 0 radical (unpaired) electrons. The monoisotopic (exact) mass is 548 g/mol. The van der Waals surface area contributed by atoms with E-state index >= 15 is 0 Å². The first kappa shape index (κ1) is 20.6. The van der Waals surface area contributed by atoms with Crippen LogP contribution >= 0.6 is 11.6 Å². The molecular formula is C23H22ClF4N5O4. The van der Waals surface area contributed by atoms with E-state index in [1.165, 1.54) is 13.1 Å². The van der Waals surface area contributed by atoms with E-state index < -0.39 is 66.7 Å². The molecule has 4 N–H and O–H groups in total. The normalized spacial score (nSPS) is 24.8. The summed E-state index contributed by atoms with van der Waals surface area (Å²) in [6.45, 7) is -1.76. The van der Waals surface area contributed by atoms with Gasteiger partial charge in [-0.15, -0.1) is 0 Å². The number of amidine groups is 1. The van der Waals surface area contributed by atoms with E-state index in [1.54, 1.807) is 0 Å². The number of nitrogens with one attached hydrogen (secondary N) is 2. The number of benzene rings is 1. The molecule has 2 aromatic heterocycles. The van der Waals surface area contributed by atoms with Crippen LogP contribution in [0.15, 0.2) is 35.5 Å². The van der Waals surface area contributed by atoms with Gasteiger partial charge in [0.2, 0.25) is 11.5 Å². The van der Waals surface area contributed by atoms with Crippen LogP contribution in [0.3, 0.4) is 0 Å². The number of nitrogens with two attached hydrogens (primary N) is 1. The van der Waals surface area contributed by atoms with E-state index in [0.717, 1.165) is 24.3 Å². The van der Waals surface area contributed by atoms with Gasteiger partial charge in [-0.3, -0.25) is 10.3 Å². The number of anilines is 1. The van der Waals surface area contributed by atoms with Crippen molar-refractivity contribution in [1.82, 2.24) is 9.97 Å². The lowest BCUT2D eigenvalue weighted by molar-refractivity contribution is -0.249. The van der Waals surface area contributed by atoms with Crippen molar-refractivity contribution < 1.29 is 43.4 Å². The molecule has 198 valence electrons. The Morgan fingerprint density at radius 2 is 2.16 bits per heavy atom. The number of hydrogen-bond acceptors (Lipinski definition) is 7. The maximum atomic E-state index is 14.8. The topological polar surface area (TPSA) is 124 Å². The highest BCUT2D eigenvalue weighted by atomic mass is 35.5. The van der Waals surface area contributed by atoms with Crippen molar-refractivity contribution in [2.45, 2.75) is 37.7 Å². The summed E-state index contributed by atoms with van der Waals surface area (Å²) in [5.41, 5.74) is 0.0944. The fraction of sp³-hybridized carbons (Fsp3) is 0.348. The van der Waals surface area contributed by atoms with E-state index in [1.807, 2.05) is 0 Å². The second-order valence-corrected chi connectivity index (χ2v) is 8.78. The van der Waals surface area contributed by atoms with Crippen LogP contribution in [-0.4, -0.2) is 47.3 Å². The number of amides is 1. The molecule has 0 unspecified atom stereocenters. The average Bonchev–Trinajstić information content (AvgIpc) is 3.19. The Labute approximate surface area is 220 Å². The van der Waals surface area contributed by atoms with Gasteiger partial charge in [0.05, 0.1) is 25.0 Å². The zero-order valence-electron chi connectivity index (χ0n) is 24.1. The summed E-state index contributed by atoms with van der Waals surface area (Å²) in [6.07, 6.45) is -4.85. The predicted molar refractivity (Wildman–Crippen MR) is 127 cm³/mol. The Balaban J connectivity index is 1.64. The summed E-state index contributed by atoms with van der Waals surface area (Å²) in [5.74, 6) is -2.50. The fourth-order valence-corrected chi connectivity index (χ4v) is 3.78. The Morgan fingerprint density at radius 3 is 2.84 bits per heavy atom. The fourth-order valence-electron chi connectivity index (χ4n) is 3.58. The molecule has 0 spiro atoms. The molecule has 9 nitrogen and oxygen atoms in total. The van der Waals surface area contributed by atoms with Gasteiger partial charge in [0, 0.05) is 35.4 Å². The third kappa shape index (κ3) is 4.93. The molecule has 2 atom stereocenters. The molecule has 1 aliphatic rings. The number of aromatic amines is 1. The van der Waals surface area contributed by atoms with Crippen LogP contribution in [0, 0.1) is 5.82 Å². The number of rotatable bonds is 5. The van der Waals surface area contributed by atoms with Crippen molar-refractivity contribution >= 4 is 40.3 Å². The molecule has 0 saturated carbocycles. The number of ether oxygens (including phenoxy) is 3. The van der Waals surface area contributed by atoms with Crippen molar-refractivity contribution in [2.24, 2.45) is 10.7 Å². The SMILES string of the molecule is [2H]C([2H])([2H])OC([2H])([2H])c1cc2c(Cl)c[nH]c2nc1OC(=O)Nc1ccc(F)c([C@]2(C)CO[C@@](C)(C(F)(F)F)C(N)=N2)c1. The maximum Gasteiger partial charge on any atom is 0.424 e. The summed E-state index contributed by atoms with van der Waals surface area (Å²) in [6, 6.07) is 4.19. The molecule has 14 heteroatoms. The third-order valence-corrected chi connectivity index (χ3v) is 6.08. The molecule has 1 aromatic carbocycles. The summed E-state index contributed by atoms with van der Waals surface area (Å²) >= 11 is 6.06. The van der Waals surface area contributed by atoms with Crippen molar-refractivity contribution in [3.63, 3.8) is 0 Å². The smallest absolute Gasteiger partial charge is 0.391 e. The number of methoxy groups -OCH3 is 1. The van der Waals surface area contributed by atoms with Gasteiger partial charge in [-0.2, -0.15) is 18.2 Å². The van der Waals surface area contributed by atoms with Crippen LogP contribution < -0.4 is 15.8 Å². The quantitative estimate of drug-likeness (QED) is 0.384. The van der Waals surface area contributed by atoms with Crippen LogP contribution in [0.1, 0.15) is 31.8 Å². The highest BCUT2D eigenvalue weighted by Crippen LogP contribution is 2.41. The minimum absolute atomic E-state index is 0.0619. The number of alkyl halides is 3. The molecular weight excluding hydrogens is 522 g/mol. The van der Waals surface area contributed by atoms with E-state index in [4.69, 9.17) is 33.7 Å². The molecule has 4 rings (SSSR count). The van der Waals surface area contributed by atoms with Gasteiger partial charge in [0.1, 0.15) is 22.8 Å². The van der Waals surface area contributed by atoms with Crippen LogP contribution in [0.5, 0.6) is 5.88 Å². The van der Waals surface area contributed by atoms with Gasteiger partial charge in [0.15, 0.2) is 0 Å². The largest absolute Gasteiger partial charge is 0.424 e. The Hall–Kier alpha value is -3.42. The summed E-state index contributed by atoms with van der Waals surface area (Å²) < 4.78 is 108. The number of H-pyrrole nitrogens is 1. The van der Waals surface area contributed by atoms with Crippen LogP contribution in [-0.2, 0) is 21.6 Å². The van der Waals surface area contributed by atoms with Gasteiger partial charge >= 0.3 is 12.3 Å². The Kier molecular flexibility index (Phi) is 5.28. The lowest BCUT2D eigenvalue weighted by Crippen LogP contribution is -2.60. The number of pyridine rings is 1. The number of halogens is 5. The molecule has 3 aromatic rings. The highest BCUT2D eigenvalue weighted by Gasteiger charge is 2.59. The lowest BCUT2D eigenvalue weighted by atomic mass is 9.89. The molecule has 1 amide bonds. The molecule has 3 heterocycles. The Bertz CT molecular complexity index is 1590. The number of aliphatic imine (C=N–C) groups is 1. The maximum absolute atomic E-state index is 14.8. The first-order chi connectivity index (χ1) is 19.2. The molecule has 0 fully saturated rings.